The van der Waals surface area contributed by atoms with Gasteiger partial charge < -0.3 is 10.6 Å². The number of aromatic nitrogens is 4. The Morgan fingerprint density at radius 3 is 2.49 bits per heavy atom. The van der Waals surface area contributed by atoms with Crippen LogP contribution in [0.2, 0.25) is 5.02 Å². The molecule has 0 unspecified atom stereocenters. The van der Waals surface area contributed by atoms with E-state index in [4.69, 9.17) is 11.6 Å². The lowest BCUT2D eigenvalue weighted by atomic mass is 9.50. The van der Waals surface area contributed by atoms with Crippen molar-refractivity contribution < 1.29 is 13.2 Å². The Labute approximate surface area is 251 Å². The van der Waals surface area contributed by atoms with Crippen LogP contribution in [-0.2, 0) is 5.54 Å². The summed E-state index contributed by atoms with van der Waals surface area (Å²) in [4.78, 5) is 4.32. The predicted octanol–water partition coefficient (Wildman–Crippen LogP) is 7.24. The molecule has 0 spiro atoms. The summed E-state index contributed by atoms with van der Waals surface area (Å²) in [5.74, 6) is 0.757. The third kappa shape index (κ3) is 4.82. The zero-order valence-corrected chi connectivity index (χ0v) is 24.5. The average Bonchev–Trinajstić information content (AvgIpc) is 3.37. The van der Waals surface area contributed by atoms with Gasteiger partial charge in [0.05, 0.1) is 56.6 Å². The number of nitrogens with one attached hydrogen (secondary N) is 2. The van der Waals surface area contributed by atoms with Gasteiger partial charge in [-0.05, 0) is 75.3 Å². The Kier molecular flexibility index (Phi) is 6.78. The Morgan fingerprint density at radius 1 is 1.14 bits per heavy atom. The minimum atomic E-state index is -4.46. The molecule has 0 radical (unpaired) electrons. The molecule has 3 aliphatic carbocycles. The fourth-order valence-electron chi connectivity index (χ4n) is 5.95. The van der Waals surface area contributed by atoms with Crippen LogP contribution in [0, 0.1) is 40.9 Å². The van der Waals surface area contributed by atoms with Gasteiger partial charge in [0.15, 0.2) is 0 Å². The number of benzene rings is 2. The summed E-state index contributed by atoms with van der Waals surface area (Å²) in [5, 5.41) is 35.5. The quantitative estimate of drug-likeness (QED) is 0.218. The molecule has 3 aliphatic rings. The molecule has 7 rings (SSSR count). The molecular formula is C31H28ClF3N8. The van der Waals surface area contributed by atoms with Crippen molar-refractivity contribution in [2.24, 2.45) is 11.3 Å². The van der Waals surface area contributed by atoms with Gasteiger partial charge >= 0.3 is 6.18 Å². The molecule has 2 N–H and O–H groups in total. The lowest BCUT2D eigenvalue weighted by Gasteiger charge is -2.61. The van der Waals surface area contributed by atoms with Crippen LogP contribution >= 0.6 is 11.6 Å². The summed E-state index contributed by atoms with van der Waals surface area (Å²) < 4.78 is 42.9. The predicted molar refractivity (Wildman–Crippen MR) is 156 cm³/mol. The van der Waals surface area contributed by atoms with E-state index in [2.05, 4.69) is 32.0 Å². The zero-order valence-electron chi connectivity index (χ0n) is 23.7. The number of alkyl halides is 3. The molecule has 8 nitrogen and oxygen atoms in total. The molecule has 2 aromatic carbocycles. The fourth-order valence-corrected chi connectivity index (χ4v) is 6.21. The minimum Gasteiger partial charge on any atom is -0.382 e. The van der Waals surface area contributed by atoms with Crippen molar-refractivity contribution in [1.82, 2.24) is 20.0 Å². The van der Waals surface area contributed by atoms with Crippen LogP contribution in [0.1, 0.15) is 67.1 Å². The van der Waals surface area contributed by atoms with E-state index in [1.54, 1.807) is 18.2 Å². The van der Waals surface area contributed by atoms with Gasteiger partial charge in [0, 0.05) is 23.8 Å². The molecule has 2 aromatic heterocycles. The van der Waals surface area contributed by atoms with Gasteiger partial charge in [-0.2, -0.15) is 23.7 Å². The van der Waals surface area contributed by atoms with Gasteiger partial charge in [-0.3, -0.25) is 4.98 Å². The van der Waals surface area contributed by atoms with E-state index in [0.29, 0.717) is 27.8 Å². The number of hydrogen-bond acceptors (Lipinski definition) is 7. The Morgan fingerprint density at radius 2 is 1.86 bits per heavy atom. The van der Waals surface area contributed by atoms with Gasteiger partial charge in [-0.15, -0.1) is 5.10 Å². The topological polar surface area (TPSA) is 115 Å². The molecule has 2 heterocycles. The summed E-state index contributed by atoms with van der Waals surface area (Å²) in [7, 11) is 0. The van der Waals surface area contributed by atoms with Crippen molar-refractivity contribution in [2.45, 2.75) is 57.8 Å². The third-order valence-electron chi connectivity index (χ3n) is 8.94. The van der Waals surface area contributed by atoms with Gasteiger partial charge in [0.2, 0.25) is 0 Å². The summed E-state index contributed by atoms with van der Waals surface area (Å²) in [5.41, 5.74) is 1.90. The molecule has 0 aliphatic heterocycles. The van der Waals surface area contributed by atoms with E-state index >= 15 is 0 Å². The SMILES string of the molecule is Cc1c(C#N)cccc1[C@H](Nc1cc(Cl)c2ncc(C#N)c(NCC(C)(C)C(F)(F)F)c2c1)c1cn(C23CC(C2)C3)nn1. The van der Waals surface area contributed by atoms with E-state index < -0.39 is 24.2 Å². The highest BCUT2D eigenvalue weighted by molar-refractivity contribution is 6.35. The van der Waals surface area contributed by atoms with Crippen LogP contribution in [-0.4, -0.2) is 32.7 Å². The smallest absolute Gasteiger partial charge is 0.382 e. The van der Waals surface area contributed by atoms with Crippen molar-refractivity contribution >= 4 is 33.9 Å². The van der Waals surface area contributed by atoms with E-state index in [9.17, 15) is 23.7 Å². The van der Waals surface area contributed by atoms with Gasteiger partial charge in [0.1, 0.15) is 11.8 Å². The first-order chi connectivity index (χ1) is 20.4. The first-order valence-electron chi connectivity index (χ1n) is 13.9. The molecule has 0 saturated heterocycles. The van der Waals surface area contributed by atoms with Gasteiger partial charge in [-0.25, -0.2) is 4.68 Å². The number of nitrogens with zero attached hydrogens (tertiary/aromatic N) is 6. The Bertz CT molecular complexity index is 1810. The lowest BCUT2D eigenvalue weighted by Crippen LogP contribution is -2.59. The number of nitriles is 2. The number of halogens is 4. The van der Waals surface area contributed by atoms with Crippen molar-refractivity contribution in [2.75, 3.05) is 17.2 Å². The molecule has 1 atom stereocenters. The number of fused-ring (bicyclic) bond motifs is 1. The van der Waals surface area contributed by atoms with Crippen LogP contribution in [0.5, 0.6) is 0 Å². The van der Waals surface area contributed by atoms with Crippen LogP contribution in [0.3, 0.4) is 0 Å². The van der Waals surface area contributed by atoms with Crippen molar-refractivity contribution in [3.63, 3.8) is 0 Å². The van der Waals surface area contributed by atoms with Crippen molar-refractivity contribution in [3.8, 4) is 12.1 Å². The maximum atomic E-state index is 13.6. The third-order valence-corrected chi connectivity index (χ3v) is 9.22. The highest BCUT2D eigenvalue weighted by Crippen LogP contribution is 2.62. The number of anilines is 2. The molecular weight excluding hydrogens is 577 g/mol. The summed E-state index contributed by atoms with van der Waals surface area (Å²) in [6.45, 7) is 3.60. The Balaban J connectivity index is 1.43. The molecule has 3 saturated carbocycles. The molecule has 0 amide bonds. The molecule has 4 aromatic rings. The fraction of sp³-hybridized carbons (Fsp3) is 0.387. The van der Waals surface area contributed by atoms with Crippen molar-refractivity contribution in [1.29, 1.82) is 10.5 Å². The van der Waals surface area contributed by atoms with Crippen molar-refractivity contribution in [3.05, 3.63) is 75.7 Å². The molecule has 3 fully saturated rings. The maximum Gasteiger partial charge on any atom is 0.395 e. The first kappa shape index (κ1) is 28.8. The van der Waals surface area contributed by atoms with Crippen LogP contribution < -0.4 is 10.6 Å². The normalized spacial score (nSPS) is 20.0. The monoisotopic (exact) mass is 604 g/mol. The molecule has 220 valence electrons. The lowest BCUT2D eigenvalue weighted by molar-refractivity contribution is -0.206. The van der Waals surface area contributed by atoms with Crippen LogP contribution in [0.25, 0.3) is 10.9 Å². The second-order valence-corrected chi connectivity index (χ2v) is 12.7. The number of hydrogen-bond donors (Lipinski definition) is 2. The second kappa shape index (κ2) is 10.1. The maximum absolute atomic E-state index is 13.6. The van der Waals surface area contributed by atoms with E-state index in [1.807, 2.05) is 36.0 Å². The van der Waals surface area contributed by atoms with E-state index in [1.165, 1.54) is 6.20 Å². The molecule has 2 bridgehead atoms. The highest BCUT2D eigenvalue weighted by atomic mass is 35.5. The molecule has 12 heteroatoms. The number of rotatable bonds is 8. The largest absolute Gasteiger partial charge is 0.395 e. The molecule has 43 heavy (non-hydrogen) atoms. The number of pyridine rings is 1. The standard InChI is InChI=1S/C31H28ClF3N8/c1-17-19(12-36)5-4-6-22(17)28(25-15-43(42-41-25)30-9-18(10-30)11-30)40-21-7-23-26(39-16-29(2,3)31(33,34)35)20(13-37)14-38-27(23)24(32)8-21/h4-8,14-15,18,28,40H,9-11,16H2,1-3H3,(H,38,39)/t18?,28-,30?/m0/s1. The summed E-state index contributed by atoms with van der Waals surface area (Å²) >= 11 is 6.67. The van der Waals surface area contributed by atoms with Gasteiger partial charge in [-0.1, -0.05) is 28.9 Å². The van der Waals surface area contributed by atoms with E-state index in [-0.39, 0.29) is 21.8 Å². The van der Waals surface area contributed by atoms with Crippen LogP contribution in [0.4, 0.5) is 24.5 Å². The van der Waals surface area contributed by atoms with E-state index in [0.717, 1.165) is 50.2 Å². The zero-order chi connectivity index (χ0) is 30.7. The van der Waals surface area contributed by atoms with Gasteiger partial charge in [0.25, 0.3) is 0 Å². The summed E-state index contributed by atoms with van der Waals surface area (Å²) in [6, 6.07) is 12.6. The Hall–Kier alpha value is -4.35. The highest BCUT2D eigenvalue weighted by Gasteiger charge is 2.59. The minimum absolute atomic E-state index is 0.0282. The summed E-state index contributed by atoms with van der Waals surface area (Å²) in [6.07, 6.45) is 2.05. The second-order valence-electron chi connectivity index (χ2n) is 12.2. The first-order valence-corrected chi connectivity index (χ1v) is 14.3. The average molecular weight is 605 g/mol. The van der Waals surface area contributed by atoms with Crippen LogP contribution in [0.15, 0.2) is 42.7 Å².